The van der Waals surface area contributed by atoms with Crippen LogP contribution in [0.2, 0.25) is 0 Å². The Kier molecular flexibility index (Phi) is 12.1. The van der Waals surface area contributed by atoms with E-state index in [0.717, 1.165) is 32.3 Å². The van der Waals surface area contributed by atoms with Crippen molar-refractivity contribution in [2.75, 3.05) is 13.7 Å². The Morgan fingerprint density at radius 1 is 0.605 bits per heavy atom. The molecule has 2 aromatic rings. The van der Waals surface area contributed by atoms with Gasteiger partial charge in [-0.2, -0.15) is 10.1 Å². The molecule has 2 saturated heterocycles. The van der Waals surface area contributed by atoms with Gasteiger partial charge in [-0.1, -0.05) is 60.7 Å². The van der Waals surface area contributed by atoms with E-state index >= 15 is 0 Å². The van der Waals surface area contributed by atoms with E-state index in [2.05, 4.69) is 135 Å². The third-order valence-corrected chi connectivity index (χ3v) is 8.91. The Labute approximate surface area is 262 Å². The highest BCUT2D eigenvalue weighted by molar-refractivity contribution is 5.18. The standard InChI is InChI=1S/C19H31NO2.C18H29NO2/c1-7-21-17-13-18(3,4)20(19(5,6)14-17)22-15(2)16-11-9-8-10-12-16;1-14(15-10-8-7-9-11-15)21-19-17(2,3)12-16(20-6)13-18(19,4)5/h8-12,15,17H,7,13-14H2,1-6H3;7-11,14,16H,12-13H2,1-6H3. The van der Waals surface area contributed by atoms with Gasteiger partial charge >= 0.3 is 0 Å². The van der Waals surface area contributed by atoms with Crippen molar-refractivity contribution >= 4 is 0 Å². The molecule has 4 rings (SSSR count). The molecule has 242 valence electrons. The topological polar surface area (TPSA) is 43.4 Å². The maximum atomic E-state index is 6.41. The normalized spacial score (nSPS) is 23.6. The number of rotatable bonds is 9. The number of nitrogens with zero attached hydrogens (tertiary/aromatic N) is 2. The smallest absolute Gasteiger partial charge is 0.102 e. The number of hydroxylamine groups is 4. The molecule has 0 saturated carbocycles. The zero-order valence-corrected chi connectivity index (χ0v) is 29.1. The fraction of sp³-hybridized carbons (Fsp3) is 0.676. The molecule has 2 atom stereocenters. The molecule has 2 aliphatic heterocycles. The predicted octanol–water partition coefficient (Wildman–Crippen LogP) is 9.08. The van der Waals surface area contributed by atoms with Crippen LogP contribution in [-0.4, -0.2) is 58.2 Å². The van der Waals surface area contributed by atoms with E-state index in [0.29, 0.717) is 12.2 Å². The van der Waals surface area contributed by atoms with Gasteiger partial charge < -0.3 is 9.47 Å². The molecule has 0 aliphatic carbocycles. The van der Waals surface area contributed by atoms with Crippen molar-refractivity contribution in [2.24, 2.45) is 0 Å². The lowest BCUT2D eigenvalue weighted by atomic mass is 9.80. The van der Waals surface area contributed by atoms with Gasteiger partial charge in [0.15, 0.2) is 0 Å². The van der Waals surface area contributed by atoms with E-state index in [1.54, 1.807) is 7.11 Å². The lowest BCUT2D eigenvalue weighted by Gasteiger charge is -2.54. The molecule has 0 N–H and O–H groups in total. The average molecular weight is 597 g/mol. The van der Waals surface area contributed by atoms with E-state index < -0.39 is 0 Å². The second-order valence-corrected chi connectivity index (χ2v) is 14.9. The van der Waals surface area contributed by atoms with Gasteiger partial charge in [-0.15, -0.1) is 0 Å². The molecule has 43 heavy (non-hydrogen) atoms. The van der Waals surface area contributed by atoms with Gasteiger partial charge in [0.05, 0.1) is 12.2 Å². The SMILES string of the molecule is CCOC1CC(C)(C)N(OC(C)c2ccccc2)C(C)(C)C1.COC1CC(C)(C)N(OC(C)c2ccccc2)C(C)(C)C1. The zero-order chi connectivity index (χ0) is 32.1. The van der Waals surface area contributed by atoms with E-state index in [4.69, 9.17) is 19.1 Å². The van der Waals surface area contributed by atoms with Crippen molar-refractivity contribution in [3.8, 4) is 0 Å². The largest absolute Gasteiger partial charge is 0.381 e. The molecule has 6 heteroatoms. The Morgan fingerprint density at radius 2 is 0.930 bits per heavy atom. The minimum Gasteiger partial charge on any atom is -0.381 e. The minimum atomic E-state index is -0.0510. The van der Waals surface area contributed by atoms with Crippen LogP contribution in [0.15, 0.2) is 60.7 Å². The number of methoxy groups -OCH3 is 1. The monoisotopic (exact) mass is 596 g/mol. The summed E-state index contributed by atoms with van der Waals surface area (Å²) >= 11 is 0. The third-order valence-electron chi connectivity index (χ3n) is 8.91. The zero-order valence-electron chi connectivity index (χ0n) is 29.1. The van der Waals surface area contributed by atoms with Crippen LogP contribution in [0, 0.1) is 0 Å². The van der Waals surface area contributed by atoms with Gasteiger partial charge in [0.25, 0.3) is 0 Å². The first-order chi connectivity index (χ1) is 20.0. The van der Waals surface area contributed by atoms with Crippen LogP contribution in [0.3, 0.4) is 0 Å². The van der Waals surface area contributed by atoms with Crippen molar-refractivity contribution in [2.45, 2.75) is 148 Å². The van der Waals surface area contributed by atoms with Gasteiger partial charge in [-0.05, 0) is 113 Å². The molecule has 0 aromatic heterocycles. The molecular weight excluding hydrogens is 536 g/mol. The molecule has 2 unspecified atom stereocenters. The fourth-order valence-electron chi connectivity index (χ4n) is 7.32. The highest BCUT2D eigenvalue weighted by Gasteiger charge is 2.48. The molecular formula is C37H60N2O4. The second kappa shape index (κ2) is 14.5. The third kappa shape index (κ3) is 9.35. The van der Waals surface area contributed by atoms with Crippen LogP contribution in [0.5, 0.6) is 0 Å². The molecule has 2 aliphatic rings. The van der Waals surface area contributed by atoms with E-state index in [1.165, 1.54) is 11.1 Å². The van der Waals surface area contributed by atoms with Crippen LogP contribution in [0.25, 0.3) is 0 Å². The van der Waals surface area contributed by atoms with E-state index in [1.807, 2.05) is 12.1 Å². The number of hydrogen-bond acceptors (Lipinski definition) is 6. The summed E-state index contributed by atoms with van der Waals surface area (Å²) in [5.74, 6) is 0. The highest BCUT2D eigenvalue weighted by Crippen LogP contribution is 2.42. The first-order valence-electron chi connectivity index (χ1n) is 16.2. The summed E-state index contributed by atoms with van der Waals surface area (Å²) in [7, 11) is 1.81. The Morgan fingerprint density at radius 3 is 1.23 bits per heavy atom. The average Bonchev–Trinajstić information content (AvgIpc) is 2.93. The Bertz CT molecular complexity index is 1070. The lowest BCUT2D eigenvalue weighted by Crippen LogP contribution is -2.62. The highest BCUT2D eigenvalue weighted by atomic mass is 16.7. The second-order valence-electron chi connectivity index (χ2n) is 14.9. The fourth-order valence-corrected chi connectivity index (χ4v) is 7.32. The molecule has 2 heterocycles. The first-order valence-corrected chi connectivity index (χ1v) is 16.2. The summed E-state index contributed by atoms with van der Waals surface area (Å²) < 4.78 is 11.5. The first kappa shape index (κ1) is 35.7. The molecule has 0 spiro atoms. The van der Waals surface area contributed by atoms with Crippen LogP contribution < -0.4 is 0 Å². The summed E-state index contributed by atoms with van der Waals surface area (Å²) in [5, 5.41) is 4.39. The van der Waals surface area contributed by atoms with Gasteiger partial charge in [-0.25, -0.2) is 0 Å². The Hall–Kier alpha value is -1.80. The quantitative estimate of drug-likeness (QED) is 0.288. The van der Waals surface area contributed by atoms with Gasteiger partial charge in [0.2, 0.25) is 0 Å². The van der Waals surface area contributed by atoms with E-state index in [-0.39, 0.29) is 34.4 Å². The minimum absolute atomic E-state index is 0.0448. The van der Waals surface area contributed by atoms with Crippen LogP contribution in [-0.2, 0) is 19.1 Å². The molecule has 0 bridgehead atoms. The van der Waals surface area contributed by atoms with Crippen molar-refractivity contribution < 1.29 is 19.1 Å². The van der Waals surface area contributed by atoms with Crippen LogP contribution in [0.4, 0.5) is 0 Å². The number of hydrogen-bond donors (Lipinski definition) is 0. The maximum absolute atomic E-state index is 6.41. The molecule has 2 aromatic carbocycles. The Balaban J connectivity index is 0.000000236. The summed E-state index contributed by atoms with van der Waals surface area (Å²) in [6.07, 6.45) is 4.64. The van der Waals surface area contributed by atoms with Crippen molar-refractivity contribution in [3.63, 3.8) is 0 Å². The molecule has 0 radical (unpaired) electrons. The van der Waals surface area contributed by atoms with Gasteiger partial charge in [-0.3, -0.25) is 9.68 Å². The van der Waals surface area contributed by atoms with Crippen LogP contribution >= 0.6 is 0 Å². The van der Waals surface area contributed by atoms with Gasteiger partial charge in [0, 0.05) is 35.9 Å². The van der Waals surface area contributed by atoms with Crippen molar-refractivity contribution in [3.05, 3.63) is 71.8 Å². The number of ether oxygens (including phenoxy) is 2. The lowest BCUT2D eigenvalue weighted by molar-refractivity contribution is -0.315. The van der Waals surface area contributed by atoms with E-state index in [9.17, 15) is 0 Å². The molecule has 2 fully saturated rings. The molecule has 0 amide bonds. The molecule has 6 nitrogen and oxygen atoms in total. The van der Waals surface area contributed by atoms with Gasteiger partial charge in [0.1, 0.15) is 12.2 Å². The summed E-state index contributed by atoms with van der Waals surface area (Å²) in [5.41, 5.74) is 2.21. The summed E-state index contributed by atoms with van der Waals surface area (Å²) in [6, 6.07) is 20.8. The summed E-state index contributed by atoms with van der Waals surface area (Å²) in [6.45, 7) is 25.0. The van der Waals surface area contributed by atoms with Crippen molar-refractivity contribution in [1.29, 1.82) is 0 Å². The van der Waals surface area contributed by atoms with Crippen molar-refractivity contribution in [1.82, 2.24) is 10.1 Å². The maximum Gasteiger partial charge on any atom is 0.102 e. The number of piperidine rings is 2. The summed E-state index contributed by atoms with van der Waals surface area (Å²) in [4.78, 5) is 12.8. The van der Waals surface area contributed by atoms with Crippen LogP contribution in [0.1, 0.15) is 125 Å². The number of benzene rings is 2. The predicted molar refractivity (Wildman–Crippen MR) is 177 cm³/mol.